The number of amides is 1. The van der Waals surface area contributed by atoms with Crippen LogP contribution in [0.15, 0.2) is 54.9 Å². The molecule has 1 amide bonds. The topological polar surface area (TPSA) is 112 Å². The number of anilines is 3. The maximum absolute atomic E-state index is 10.4. The minimum absolute atomic E-state index is 0.393. The number of pyridine rings is 3. The molecular weight excluding hydrogens is 356 g/mol. The molecule has 0 saturated carbocycles. The summed E-state index contributed by atoms with van der Waals surface area (Å²) in [5.74, 6) is 2.17. The summed E-state index contributed by atoms with van der Waals surface area (Å²) in [4.78, 5) is 23.7. The highest BCUT2D eigenvalue weighted by Crippen LogP contribution is 2.22. The summed E-state index contributed by atoms with van der Waals surface area (Å²) in [7, 11) is 0. The summed E-state index contributed by atoms with van der Waals surface area (Å²) in [6.07, 6.45) is 3.13. The lowest BCUT2D eigenvalue weighted by Crippen LogP contribution is -2.23. The van der Waals surface area contributed by atoms with Crippen LogP contribution < -0.4 is 16.0 Å². The summed E-state index contributed by atoms with van der Waals surface area (Å²) < 4.78 is 0. The van der Waals surface area contributed by atoms with Gasteiger partial charge in [0.1, 0.15) is 17.5 Å². The van der Waals surface area contributed by atoms with Crippen LogP contribution in [-0.2, 0) is 0 Å². The molecule has 0 fully saturated rings. The molecule has 0 atom stereocenters. The Labute approximate surface area is 163 Å². The second-order valence-corrected chi connectivity index (χ2v) is 6.19. The molecule has 28 heavy (non-hydrogen) atoms. The van der Waals surface area contributed by atoms with Crippen LogP contribution >= 0.6 is 0 Å². The van der Waals surface area contributed by atoms with Gasteiger partial charge in [0.05, 0.1) is 5.69 Å². The quantitative estimate of drug-likeness (QED) is 0.443. The molecule has 0 aliphatic heterocycles. The van der Waals surface area contributed by atoms with E-state index in [0.29, 0.717) is 31.1 Å². The van der Waals surface area contributed by atoms with E-state index in [1.165, 1.54) is 0 Å². The number of rotatable bonds is 8. The monoisotopic (exact) mass is 378 g/mol. The first-order valence-corrected chi connectivity index (χ1v) is 8.94. The Morgan fingerprint density at radius 1 is 1.00 bits per heavy atom. The van der Waals surface area contributed by atoms with Crippen molar-refractivity contribution in [2.75, 3.05) is 23.7 Å². The first-order chi connectivity index (χ1) is 13.6. The smallest absolute Gasteiger partial charge is 0.404 e. The summed E-state index contributed by atoms with van der Waals surface area (Å²) in [6.45, 7) is 3.02. The van der Waals surface area contributed by atoms with Gasteiger partial charge < -0.3 is 21.1 Å². The molecule has 0 saturated heterocycles. The zero-order valence-corrected chi connectivity index (χ0v) is 15.5. The molecule has 3 aromatic heterocycles. The molecule has 3 aromatic rings. The van der Waals surface area contributed by atoms with Gasteiger partial charge in [-0.15, -0.1) is 0 Å². The van der Waals surface area contributed by atoms with Crippen molar-refractivity contribution in [3.63, 3.8) is 0 Å². The van der Waals surface area contributed by atoms with E-state index < -0.39 is 6.09 Å². The predicted octanol–water partition coefficient (Wildman–Crippen LogP) is 3.66. The maximum Gasteiger partial charge on any atom is 0.404 e. The third-order valence-electron chi connectivity index (χ3n) is 3.91. The lowest BCUT2D eigenvalue weighted by atomic mass is 10.1. The van der Waals surface area contributed by atoms with Crippen molar-refractivity contribution >= 4 is 23.5 Å². The van der Waals surface area contributed by atoms with Crippen LogP contribution in [0.2, 0.25) is 0 Å². The van der Waals surface area contributed by atoms with Gasteiger partial charge in [0.25, 0.3) is 0 Å². The highest BCUT2D eigenvalue weighted by atomic mass is 16.4. The van der Waals surface area contributed by atoms with Gasteiger partial charge in [-0.05, 0) is 55.3 Å². The Balaban J connectivity index is 1.65. The van der Waals surface area contributed by atoms with Gasteiger partial charge in [0, 0.05) is 31.0 Å². The number of aromatic nitrogens is 3. The van der Waals surface area contributed by atoms with Gasteiger partial charge in [-0.2, -0.15) is 0 Å². The molecule has 3 rings (SSSR count). The number of carboxylic acid groups (broad SMARTS) is 1. The summed E-state index contributed by atoms with van der Waals surface area (Å²) in [5, 5.41) is 17.3. The number of hydrogen-bond acceptors (Lipinski definition) is 6. The van der Waals surface area contributed by atoms with E-state index in [1.54, 1.807) is 12.4 Å². The highest BCUT2D eigenvalue weighted by molar-refractivity contribution is 5.66. The van der Waals surface area contributed by atoms with Crippen molar-refractivity contribution in [2.24, 2.45) is 0 Å². The highest BCUT2D eigenvalue weighted by Gasteiger charge is 2.04. The minimum atomic E-state index is -1.01. The Kier molecular flexibility index (Phi) is 6.35. The second-order valence-electron chi connectivity index (χ2n) is 6.19. The number of carbonyl (C=O) groups is 1. The average molecular weight is 378 g/mol. The predicted molar refractivity (Wildman–Crippen MR) is 109 cm³/mol. The zero-order valence-electron chi connectivity index (χ0n) is 15.5. The largest absolute Gasteiger partial charge is 0.465 e. The maximum atomic E-state index is 10.4. The van der Waals surface area contributed by atoms with E-state index in [2.05, 4.69) is 30.9 Å². The van der Waals surface area contributed by atoms with Crippen molar-refractivity contribution in [3.8, 4) is 11.3 Å². The number of nitrogens with zero attached hydrogens (tertiary/aromatic N) is 3. The van der Waals surface area contributed by atoms with E-state index in [-0.39, 0.29) is 0 Å². The molecule has 0 aliphatic carbocycles. The number of hydrogen-bond donors (Lipinski definition) is 4. The van der Waals surface area contributed by atoms with Crippen LogP contribution in [-0.4, -0.2) is 39.2 Å². The van der Waals surface area contributed by atoms with Gasteiger partial charge in [0.15, 0.2) is 0 Å². The Bertz CT molecular complexity index is 947. The lowest BCUT2D eigenvalue weighted by Gasteiger charge is -2.09. The molecule has 0 bridgehead atoms. The van der Waals surface area contributed by atoms with Crippen LogP contribution in [0.1, 0.15) is 12.0 Å². The van der Waals surface area contributed by atoms with Crippen LogP contribution in [0, 0.1) is 6.92 Å². The molecule has 0 unspecified atom stereocenters. The van der Waals surface area contributed by atoms with Crippen molar-refractivity contribution < 1.29 is 9.90 Å². The second kappa shape index (κ2) is 9.31. The van der Waals surface area contributed by atoms with Crippen molar-refractivity contribution in [1.29, 1.82) is 0 Å². The molecule has 8 nitrogen and oxygen atoms in total. The van der Waals surface area contributed by atoms with Gasteiger partial charge in [-0.25, -0.2) is 19.7 Å². The van der Waals surface area contributed by atoms with Crippen molar-refractivity contribution in [3.05, 3.63) is 60.4 Å². The SMILES string of the molecule is Cc1ccnc(Nc2cccc(-c3ccnc(NCCCNC(=O)O)c3)n2)c1. The summed E-state index contributed by atoms with van der Waals surface area (Å²) in [5.41, 5.74) is 2.87. The Morgan fingerprint density at radius 3 is 2.64 bits per heavy atom. The van der Waals surface area contributed by atoms with E-state index in [9.17, 15) is 4.79 Å². The number of aryl methyl sites for hydroxylation is 1. The van der Waals surface area contributed by atoms with Gasteiger partial charge in [-0.3, -0.25) is 0 Å². The summed E-state index contributed by atoms with van der Waals surface area (Å²) in [6, 6.07) is 13.5. The molecule has 0 spiro atoms. The third-order valence-corrected chi connectivity index (χ3v) is 3.91. The fourth-order valence-electron chi connectivity index (χ4n) is 2.59. The van der Waals surface area contributed by atoms with E-state index in [0.717, 1.165) is 22.6 Å². The van der Waals surface area contributed by atoms with Gasteiger partial charge in [-0.1, -0.05) is 6.07 Å². The molecular formula is C20H22N6O2. The fourth-order valence-corrected chi connectivity index (χ4v) is 2.59. The van der Waals surface area contributed by atoms with Crippen molar-refractivity contribution in [2.45, 2.75) is 13.3 Å². The van der Waals surface area contributed by atoms with Crippen LogP contribution in [0.4, 0.5) is 22.2 Å². The molecule has 0 aliphatic rings. The van der Waals surface area contributed by atoms with Crippen LogP contribution in [0.3, 0.4) is 0 Å². The molecule has 4 N–H and O–H groups in total. The first-order valence-electron chi connectivity index (χ1n) is 8.94. The zero-order chi connectivity index (χ0) is 19.8. The minimum Gasteiger partial charge on any atom is -0.465 e. The Morgan fingerprint density at radius 2 is 1.82 bits per heavy atom. The van der Waals surface area contributed by atoms with Gasteiger partial charge in [0.2, 0.25) is 0 Å². The standard InChI is InChI=1S/C20H22N6O2/c1-14-6-10-23-19(12-14)26-17-5-2-4-16(25-17)15-7-11-22-18(13-15)21-8-3-9-24-20(27)28/h2,4-7,10-13,24H,3,8-9H2,1H3,(H,21,22)(H,27,28)(H,23,25,26). The summed E-state index contributed by atoms with van der Waals surface area (Å²) >= 11 is 0. The average Bonchev–Trinajstić information content (AvgIpc) is 2.68. The normalized spacial score (nSPS) is 10.3. The van der Waals surface area contributed by atoms with Crippen molar-refractivity contribution in [1.82, 2.24) is 20.3 Å². The van der Waals surface area contributed by atoms with Crippen LogP contribution in [0.25, 0.3) is 11.3 Å². The Hall–Kier alpha value is -3.68. The molecule has 3 heterocycles. The van der Waals surface area contributed by atoms with Gasteiger partial charge >= 0.3 is 6.09 Å². The van der Waals surface area contributed by atoms with Crippen LogP contribution in [0.5, 0.6) is 0 Å². The third kappa shape index (κ3) is 5.66. The molecule has 0 radical (unpaired) electrons. The lowest BCUT2D eigenvalue weighted by molar-refractivity contribution is 0.194. The number of nitrogens with one attached hydrogen (secondary N) is 3. The fraction of sp³-hybridized carbons (Fsp3) is 0.200. The van der Waals surface area contributed by atoms with E-state index >= 15 is 0 Å². The first kappa shape index (κ1) is 19.1. The van der Waals surface area contributed by atoms with E-state index in [1.807, 2.05) is 49.4 Å². The molecule has 8 heteroatoms. The molecule has 144 valence electrons. The van der Waals surface area contributed by atoms with E-state index in [4.69, 9.17) is 5.11 Å². The molecule has 0 aromatic carbocycles.